The first-order chi connectivity index (χ1) is 6.99. The first-order valence-electron chi connectivity index (χ1n) is 4.38. The number of carbonyl (C=O) groups excluding carboxylic acids is 1. The van der Waals surface area contributed by atoms with E-state index in [4.69, 9.17) is 5.73 Å². The van der Waals surface area contributed by atoms with Crippen LogP contribution in [0.1, 0.15) is 0 Å². The highest BCUT2D eigenvalue weighted by molar-refractivity contribution is 8.00. The molecule has 1 amide bonds. The summed E-state index contributed by atoms with van der Waals surface area (Å²) in [5, 5.41) is 0. The van der Waals surface area contributed by atoms with Crippen LogP contribution in [-0.2, 0) is 4.79 Å². The fourth-order valence-corrected chi connectivity index (χ4v) is 1.91. The van der Waals surface area contributed by atoms with Gasteiger partial charge in [0.2, 0.25) is 5.91 Å². The van der Waals surface area contributed by atoms with Crippen LogP contribution in [0, 0.1) is 5.82 Å². The van der Waals surface area contributed by atoms with Gasteiger partial charge >= 0.3 is 0 Å². The molecule has 0 aliphatic rings. The number of amides is 1. The molecule has 1 aromatic carbocycles. The zero-order valence-electron chi connectivity index (χ0n) is 8.66. The van der Waals surface area contributed by atoms with Crippen LogP contribution in [-0.4, -0.2) is 30.7 Å². The zero-order valence-corrected chi connectivity index (χ0v) is 9.47. The summed E-state index contributed by atoms with van der Waals surface area (Å²) in [6, 6.07) is 4.26. The number of nitrogens with zero attached hydrogens (tertiary/aromatic N) is 1. The van der Waals surface area contributed by atoms with Crippen molar-refractivity contribution in [2.24, 2.45) is 0 Å². The van der Waals surface area contributed by atoms with Crippen molar-refractivity contribution in [2.45, 2.75) is 4.90 Å². The molecule has 0 fully saturated rings. The van der Waals surface area contributed by atoms with Crippen molar-refractivity contribution in [2.75, 3.05) is 25.6 Å². The van der Waals surface area contributed by atoms with Crippen molar-refractivity contribution in [3.05, 3.63) is 24.0 Å². The van der Waals surface area contributed by atoms with Gasteiger partial charge in [-0.3, -0.25) is 4.79 Å². The Bertz CT molecular complexity index is 348. The Morgan fingerprint density at radius 3 is 2.67 bits per heavy atom. The molecule has 5 heteroatoms. The third-order valence-corrected chi connectivity index (χ3v) is 2.72. The maximum Gasteiger partial charge on any atom is 0.232 e. The van der Waals surface area contributed by atoms with Gasteiger partial charge in [0.05, 0.1) is 5.75 Å². The summed E-state index contributed by atoms with van der Waals surface area (Å²) in [7, 11) is 3.37. The molecule has 82 valence electrons. The average Bonchev–Trinajstić information content (AvgIpc) is 2.12. The molecule has 0 radical (unpaired) electrons. The molecule has 2 N–H and O–H groups in total. The van der Waals surface area contributed by atoms with Gasteiger partial charge in [-0.1, -0.05) is 0 Å². The maximum atomic E-state index is 12.9. The number of hydrogen-bond acceptors (Lipinski definition) is 3. The Morgan fingerprint density at radius 2 is 2.13 bits per heavy atom. The molecule has 0 heterocycles. The fraction of sp³-hybridized carbons (Fsp3) is 0.300. The van der Waals surface area contributed by atoms with Crippen molar-refractivity contribution >= 4 is 23.4 Å². The van der Waals surface area contributed by atoms with Gasteiger partial charge in [-0.2, -0.15) is 0 Å². The molecule has 0 saturated carbocycles. The van der Waals surface area contributed by atoms with E-state index in [9.17, 15) is 9.18 Å². The van der Waals surface area contributed by atoms with Gasteiger partial charge < -0.3 is 10.6 Å². The molecular weight excluding hydrogens is 215 g/mol. The topological polar surface area (TPSA) is 46.3 Å². The molecule has 1 aromatic rings. The normalized spacial score (nSPS) is 10.1. The second-order valence-electron chi connectivity index (χ2n) is 3.30. The van der Waals surface area contributed by atoms with Gasteiger partial charge in [0.1, 0.15) is 5.82 Å². The standard InChI is InChI=1S/C10H13FN2OS/c1-13(2)10(14)6-15-9-4-7(11)3-8(12)5-9/h3-5H,6,12H2,1-2H3. The minimum Gasteiger partial charge on any atom is -0.399 e. The van der Waals surface area contributed by atoms with E-state index < -0.39 is 0 Å². The molecule has 0 aliphatic carbocycles. The molecular formula is C10H13FN2OS. The molecule has 1 rings (SSSR count). The highest BCUT2D eigenvalue weighted by Gasteiger charge is 2.06. The Labute approximate surface area is 92.4 Å². The minimum atomic E-state index is -0.380. The van der Waals surface area contributed by atoms with Crippen molar-refractivity contribution in [3.8, 4) is 0 Å². The third-order valence-electron chi connectivity index (χ3n) is 1.75. The number of anilines is 1. The van der Waals surface area contributed by atoms with Crippen LogP contribution in [0.3, 0.4) is 0 Å². The number of nitrogens with two attached hydrogens (primary N) is 1. The summed E-state index contributed by atoms with van der Waals surface area (Å²) in [6.07, 6.45) is 0. The van der Waals surface area contributed by atoms with Crippen LogP contribution in [0.25, 0.3) is 0 Å². The Kier molecular flexibility index (Phi) is 3.96. The second-order valence-corrected chi connectivity index (χ2v) is 4.35. The van der Waals surface area contributed by atoms with Crippen LogP contribution in [0.5, 0.6) is 0 Å². The van der Waals surface area contributed by atoms with Crippen LogP contribution in [0.15, 0.2) is 23.1 Å². The Morgan fingerprint density at radius 1 is 1.47 bits per heavy atom. The summed E-state index contributed by atoms with van der Waals surface area (Å²) in [5.74, 6) is -0.103. The number of nitrogen functional groups attached to an aromatic ring is 1. The van der Waals surface area contributed by atoms with Gasteiger partial charge in [0, 0.05) is 24.7 Å². The summed E-state index contributed by atoms with van der Waals surface area (Å²) in [5.41, 5.74) is 5.85. The molecule has 0 aliphatic heterocycles. The van der Waals surface area contributed by atoms with E-state index in [1.807, 2.05) is 0 Å². The maximum absolute atomic E-state index is 12.9. The molecule has 0 aromatic heterocycles. The van der Waals surface area contributed by atoms with E-state index in [-0.39, 0.29) is 17.5 Å². The Hall–Kier alpha value is -1.23. The van der Waals surface area contributed by atoms with E-state index in [0.29, 0.717) is 10.6 Å². The third kappa shape index (κ3) is 3.79. The summed E-state index contributed by atoms with van der Waals surface area (Å²) in [6.45, 7) is 0. The van der Waals surface area contributed by atoms with Crippen molar-refractivity contribution in [1.29, 1.82) is 0 Å². The van der Waals surface area contributed by atoms with Crippen molar-refractivity contribution < 1.29 is 9.18 Å². The van der Waals surface area contributed by atoms with E-state index in [1.54, 1.807) is 20.2 Å². The average molecular weight is 228 g/mol. The van der Waals surface area contributed by atoms with Crippen LogP contribution < -0.4 is 5.73 Å². The lowest BCUT2D eigenvalue weighted by Gasteiger charge is -2.09. The number of benzene rings is 1. The highest BCUT2D eigenvalue weighted by Crippen LogP contribution is 2.22. The molecule has 0 bridgehead atoms. The summed E-state index contributed by atoms with van der Waals surface area (Å²) < 4.78 is 12.9. The first kappa shape index (κ1) is 11.8. The summed E-state index contributed by atoms with van der Waals surface area (Å²) in [4.78, 5) is 13.4. The van der Waals surface area contributed by atoms with Crippen LogP contribution in [0.4, 0.5) is 10.1 Å². The SMILES string of the molecule is CN(C)C(=O)CSc1cc(N)cc(F)c1. The van der Waals surface area contributed by atoms with E-state index in [1.165, 1.54) is 28.8 Å². The molecule has 0 atom stereocenters. The number of thioether (sulfide) groups is 1. The van der Waals surface area contributed by atoms with Crippen LogP contribution >= 0.6 is 11.8 Å². The number of rotatable bonds is 3. The second kappa shape index (κ2) is 5.02. The van der Waals surface area contributed by atoms with Gasteiger partial charge in [-0.05, 0) is 18.2 Å². The van der Waals surface area contributed by atoms with E-state index >= 15 is 0 Å². The first-order valence-corrected chi connectivity index (χ1v) is 5.36. The Balaban J connectivity index is 2.61. The predicted molar refractivity (Wildman–Crippen MR) is 60.2 cm³/mol. The quantitative estimate of drug-likeness (QED) is 0.631. The van der Waals surface area contributed by atoms with Gasteiger partial charge in [-0.15, -0.1) is 11.8 Å². The molecule has 15 heavy (non-hydrogen) atoms. The van der Waals surface area contributed by atoms with Crippen LogP contribution in [0.2, 0.25) is 0 Å². The lowest BCUT2D eigenvalue weighted by Crippen LogP contribution is -2.23. The monoisotopic (exact) mass is 228 g/mol. The number of carbonyl (C=O) groups is 1. The molecule has 0 unspecified atom stereocenters. The van der Waals surface area contributed by atoms with E-state index in [0.717, 1.165) is 0 Å². The van der Waals surface area contributed by atoms with E-state index in [2.05, 4.69) is 0 Å². The number of halogens is 1. The lowest BCUT2D eigenvalue weighted by molar-refractivity contribution is -0.125. The van der Waals surface area contributed by atoms with Crippen molar-refractivity contribution in [3.63, 3.8) is 0 Å². The molecule has 3 nitrogen and oxygen atoms in total. The summed E-state index contributed by atoms with van der Waals surface area (Å²) >= 11 is 1.27. The molecule has 0 spiro atoms. The highest BCUT2D eigenvalue weighted by atomic mass is 32.2. The predicted octanol–water partition coefficient (Wildman–Crippen LogP) is 1.59. The fourth-order valence-electron chi connectivity index (χ4n) is 0.942. The van der Waals surface area contributed by atoms with Gasteiger partial charge in [0.15, 0.2) is 0 Å². The zero-order chi connectivity index (χ0) is 11.4. The minimum absolute atomic E-state index is 0.0113. The van der Waals surface area contributed by atoms with Crippen molar-refractivity contribution in [1.82, 2.24) is 4.90 Å². The largest absolute Gasteiger partial charge is 0.399 e. The van der Waals surface area contributed by atoms with Gasteiger partial charge in [-0.25, -0.2) is 4.39 Å². The smallest absolute Gasteiger partial charge is 0.232 e. The van der Waals surface area contributed by atoms with Gasteiger partial charge in [0.25, 0.3) is 0 Å². The lowest BCUT2D eigenvalue weighted by atomic mass is 10.3. The number of hydrogen-bond donors (Lipinski definition) is 1. The molecule has 0 saturated heterocycles.